The molecule has 1 aliphatic rings. The van der Waals surface area contributed by atoms with E-state index in [1.54, 1.807) is 17.8 Å². The highest BCUT2D eigenvalue weighted by Crippen LogP contribution is 2.43. The topological polar surface area (TPSA) is 153 Å². The van der Waals surface area contributed by atoms with Crippen molar-refractivity contribution >= 4 is 19.5 Å². The maximum absolute atomic E-state index is 15.9. The van der Waals surface area contributed by atoms with Crippen molar-refractivity contribution in [3.05, 3.63) is 74.8 Å². The van der Waals surface area contributed by atoms with Gasteiger partial charge in [-0.3, -0.25) is 9.56 Å². The summed E-state index contributed by atoms with van der Waals surface area (Å²) in [7, 11) is -2.07. The molecule has 1 aliphatic heterocycles. The molecule has 0 spiro atoms. The molecule has 1 saturated heterocycles. The van der Waals surface area contributed by atoms with E-state index in [-0.39, 0.29) is 69.8 Å². The molecule has 4 aromatic rings. The summed E-state index contributed by atoms with van der Waals surface area (Å²) in [6.45, 7) is 20.4. The number of hydrogen-bond donors (Lipinski definition) is 0. The molecule has 15 heteroatoms. The van der Waals surface area contributed by atoms with Gasteiger partial charge >= 0.3 is 11.6 Å². The Labute approximate surface area is 253 Å². The van der Waals surface area contributed by atoms with E-state index in [0.29, 0.717) is 13.2 Å². The molecule has 0 amide bonds. The Morgan fingerprint density at radius 2 is 1.80 bits per heavy atom. The van der Waals surface area contributed by atoms with Crippen LogP contribution in [-0.2, 0) is 22.3 Å². The summed E-state index contributed by atoms with van der Waals surface area (Å²) < 4.78 is 51.8. The van der Waals surface area contributed by atoms with E-state index in [0.717, 1.165) is 4.57 Å². The summed E-state index contributed by atoms with van der Waals surface area (Å²) in [5.74, 6) is -1.30. The first kappa shape index (κ1) is 31.6. The number of aromatic nitrogens is 4. The highest BCUT2D eigenvalue weighted by molar-refractivity contribution is 6.74. The summed E-state index contributed by atoms with van der Waals surface area (Å²) in [6, 6.07) is -0.315. The van der Waals surface area contributed by atoms with Crippen LogP contribution in [0.3, 0.4) is 0 Å². The van der Waals surface area contributed by atoms with Crippen molar-refractivity contribution in [3.63, 3.8) is 0 Å². The molecule has 5 heterocycles. The van der Waals surface area contributed by atoms with Crippen molar-refractivity contribution in [3.8, 4) is 0 Å². The molecule has 5 rings (SSSR count). The molecule has 0 N–H and O–H groups in total. The van der Waals surface area contributed by atoms with E-state index in [2.05, 4.69) is 55.4 Å². The molecule has 0 aromatic carbocycles. The van der Waals surface area contributed by atoms with Crippen LogP contribution in [0.25, 0.3) is 11.2 Å². The predicted octanol–water partition coefficient (Wildman–Crippen LogP) is 4.38. The summed E-state index contributed by atoms with van der Waals surface area (Å²) in [4.78, 5) is 36.7. The molecule has 44 heavy (non-hydrogen) atoms. The maximum atomic E-state index is 15.9. The zero-order chi connectivity index (χ0) is 32.2. The third-order valence-corrected chi connectivity index (χ3v) is 13.3. The van der Waals surface area contributed by atoms with Crippen LogP contribution in [0.4, 0.5) is 4.39 Å². The predicted molar refractivity (Wildman–Crippen MR) is 158 cm³/mol. The Hall–Kier alpha value is -3.82. The quantitative estimate of drug-likeness (QED) is 0.148. The molecule has 0 radical (unpaired) electrons. The van der Waals surface area contributed by atoms with Gasteiger partial charge in [-0.2, -0.15) is 9.37 Å². The largest absolute Gasteiger partial charge is 0.519 e. The van der Waals surface area contributed by atoms with Gasteiger partial charge in [0, 0.05) is 5.92 Å². The van der Waals surface area contributed by atoms with Gasteiger partial charge in [0.1, 0.15) is 18.1 Å². The number of halogens is 1. The normalized spacial score (nSPS) is 21.5. The molecule has 0 saturated carbocycles. The minimum Gasteiger partial charge on any atom is -0.414 e. The van der Waals surface area contributed by atoms with Crippen molar-refractivity contribution in [1.82, 2.24) is 19.1 Å². The van der Waals surface area contributed by atoms with Crippen LogP contribution in [0.2, 0.25) is 18.1 Å². The number of ether oxygens (including phenoxy) is 1. The third-order valence-electron chi connectivity index (χ3n) is 8.84. The van der Waals surface area contributed by atoms with Gasteiger partial charge in [0.05, 0.1) is 37.7 Å². The van der Waals surface area contributed by atoms with E-state index >= 15 is 4.39 Å². The van der Waals surface area contributed by atoms with Crippen LogP contribution < -0.4 is 17.1 Å². The van der Waals surface area contributed by atoms with Gasteiger partial charge in [-0.15, -0.1) is 6.58 Å². The van der Waals surface area contributed by atoms with Crippen molar-refractivity contribution < 1.29 is 31.2 Å². The van der Waals surface area contributed by atoms with Gasteiger partial charge in [0.15, 0.2) is 36.5 Å². The Bertz CT molecular complexity index is 1890. The highest BCUT2D eigenvalue weighted by atomic mass is 28.4. The first-order valence-electron chi connectivity index (χ1n) is 14.3. The van der Waals surface area contributed by atoms with E-state index < -0.39 is 31.6 Å². The summed E-state index contributed by atoms with van der Waals surface area (Å²) in [5.41, 5.74) is -0.113. The fraction of sp³-hybridized carbons (Fsp3) is 0.552. The summed E-state index contributed by atoms with van der Waals surface area (Å²) in [5, 5.41) is 0.0252. The van der Waals surface area contributed by atoms with Gasteiger partial charge in [0.25, 0.3) is 6.08 Å². The van der Waals surface area contributed by atoms with Crippen LogP contribution in [-0.4, -0.2) is 46.2 Å². The molecule has 0 bridgehead atoms. The van der Waals surface area contributed by atoms with E-state index in [9.17, 15) is 9.59 Å². The van der Waals surface area contributed by atoms with E-state index in [1.165, 1.54) is 6.92 Å². The second-order valence-corrected chi connectivity index (χ2v) is 17.6. The smallest absolute Gasteiger partial charge is 0.414 e. The number of nitrogens with zero attached hydrogens (tertiary/aromatic N) is 5. The van der Waals surface area contributed by atoms with E-state index in [4.69, 9.17) is 26.8 Å². The molecule has 238 valence electrons. The number of rotatable bonds is 9. The zero-order valence-electron chi connectivity index (χ0n) is 26.2. The van der Waals surface area contributed by atoms with Crippen LogP contribution in [0.15, 0.2) is 51.2 Å². The molecule has 1 unspecified atom stereocenters. The Morgan fingerprint density at radius 1 is 1.16 bits per heavy atom. The zero-order valence-corrected chi connectivity index (χ0v) is 27.2. The van der Waals surface area contributed by atoms with Gasteiger partial charge in [-0.05, 0) is 38.9 Å². The fourth-order valence-corrected chi connectivity index (χ4v) is 6.16. The minimum atomic E-state index is -2.07. The number of aryl methyl sites for hydroxylation is 2. The second kappa shape index (κ2) is 11.3. The average Bonchev–Trinajstić information content (AvgIpc) is 3.66. The van der Waals surface area contributed by atoms with Gasteiger partial charge < -0.3 is 31.4 Å². The van der Waals surface area contributed by atoms with Crippen LogP contribution >= 0.6 is 0 Å². The molecule has 3 atom stereocenters. The van der Waals surface area contributed by atoms with E-state index in [1.807, 2.05) is 13.0 Å². The lowest BCUT2D eigenvalue weighted by molar-refractivity contribution is -0.0342. The standard InChI is InChI=1S/C29H38FN5O8Si/c1-10-18-19(13-38-29(18,7)14-39-44(8,9)28(4,5)6)35-15-32-22-23(31-11-20-16(2)40-26(36)42-20)34(25(30)33-24(22)35)12-21-17(3)41-27(37)43-21/h10,15,18-19H,1,11-14H2,2-9H3/t18-,19?,29+/m0/s1. The monoisotopic (exact) mass is 631 g/mol. The van der Waals surface area contributed by atoms with Crippen molar-refractivity contribution in [2.24, 2.45) is 10.9 Å². The summed E-state index contributed by atoms with van der Waals surface area (Å²) >= 11 is 0. The Kier molecular flexibility index (Phi) is 8.09. The lowest BCUT2D eigenvalue weighted by atomic mass is 9.86. The molecule has 0 aliphatic carbocycles. The number of hydrogen-bond acceptors (Lipinski definition) is 11. The number of fused-ring (bicyclic) bond motifs is 1. The highest BCUT2D eigenvalue weighted by Gasteiger charge is 2.48. The Balaban J connectivity index is 1.58. The van der Waals surface area contributed by atoms with Crippen LogP contribution in [0.1, 0.15) is 56.8 Å². The van der Waals surface area contributed by atoms with Crippen molar-refractivity contribution in [2.45, 2.75) is 84.4 Å². The SMILES string of the molecule is C=C[C@H]1C(n2cnc3c(=NCc4oc(=O)oc4C)n(Cc4oc(=O)oc4C)c(F)nc32)CO[C@]1(C)CO[Si](C)(C)C(C)(C)C. The lowest BCUT2D eigenvalue weighted by Crippen LogP contribution is -2.47. The summed E-state index contributed by atoms with van der Waals surface area (Å²) in [6.07, 6.45) is 2.49. The second-order valence-electron chi connectivity index (χ2n) is 12.8. The molecular weight excluding hydrogens is 593 g/mol. The molecule has 1 fully saturated rings. The molecule has 13 nitrogen and oxygen atoms in total. The first-order valence-corrected chi connectivity index (χ1v) is 17.2. The van der Waals surface area contributed by atoms with Gasteiger partial charge in [-0.1, -0.05) is 26.8 Å². The average molecular weight is 632 g/mol. The van der Waals surface area contributed by atoms with Crippen LogP contribution in [0, 0.1) is 25.8 Å². The molecular formula is C29H38FN5O8Si. The fourth-order valence-electron chi connectivity index (χ4n) is 5.08. The minimum absolute atomic E-state index is 0.0252. The van der Waals surface area contributed by atoms with Crippen LogP contribution in [0.5, 0.6) is 0 Å². The first-order chi connectivity index (χ1) is 20.5. The van der Waals surface area contributed by atoms with Gasteiger partial charge in [0.2, 0.25) is 0 Å². The Morgan fingerprint density at radius 3 is 2.36 bits per heavy atom. The van der Waals surface area contributed by atoms with Gasteiger partial charge in [-0.25, -0.2) is 14.6 Å². The molecule has 4 aromatic heterocycles. The van der Waals surface area contributed by atoms with Crippen molar-refractivity contribution in [2.75, 3.05) is 13.2 Å². The lowest BCUT2D eigenvalue weighted by Gasteiger charge is -2.40. The third kappa shape index (κ3) is 5.70. The maximum Gasteiger partial charge on any atom is 0.519 e. The van der Waals surface area contributed by atoms with Crippen molar-refractivity contribution in [1.29, 1.82) is 0 Å². The number of imidazole rings is 1.